The van der Waals surface area contributed by atoms with Gasteiger partial charge in [0.25, 0.3) is 11.4 Å². The molecule has 0 atom stereocenters. The molecule has 3 aromatic heterocycles. The van der Waals surface area contributed by atoms with Gasteiger partial charge in [0, 0.05) is 31.0 Å². The number of halogens is 1. The van der Waals surface area contributed by atoms with Gasteiger partial charge in [0.1, 0.15) is 35.2 Å². The zero-order valence-corrected chi connectivity index (χ0v) is 19.7. The van der Waals surface area contributed by atoms with Gasteiger partial charge in [-0.25, -0.2) is 9.37 Å². The molecule has 0 saturated carbocycles. The standard InChI is InChI=1S/C24H23FN4O7/c1-4-35-12-14-19(20-15(33-2)9-13(25)10-16(20)34-3)22(31)21(23(32)26-14)24-28-27-17(36-24)11-29-8-6-5-7-18(29)30/h5-10H,4,11-12H2,1-3H3,(H2,26,31,32). The first-order valence-electron chi connectivity index (χ1n) is 10.8. The maximum Gasteiger partial charge on any atom is 0.257 e. The van der Waals surface area contributed by atoms with E-state index >= 15 is 0 Å². The molecule has 0 aliphatic rings. The topological polar surface area (TPSA) is 142 Å². The molecule has 188 valence electrons. The molecule has 4 aromatic rings. The number of aromatic nitrogens is 4. The van der Waals surface area contributed by atoms with Crippen LogP contribution in [0.3, 0.4) is 0 Å². The van der Waals surface area contributed by atoms with E-state index in [1.165, 1.54) is 24.9 Å². The van der Waals surface area contributed by atoms with E-state index in [0.717, 1.165) is 12.1 Å². The summed E-state index contributed by atoms with van der Waals surface area (Å²) in [6.07, 6.45) is 1.55. The van der Waals surface area contributed by atoms with Crippen molar-refractivity contribution in [1.82, 2.24) is 19.7 Å². The van der Waals surface area contributed by atoms with Crippen molar-refractivity contribution in [3.63, 3.8) is 0 Å². The van der Waals surface area contributed by atoms with E-state index in [1.54, 1.807) is 25.3 Å². The third kappa shape index (κ3) is 4.70. The SMILES string of the molecule is CCOCc1nc(O)c(-c2nnc(Cn3ccccc3=O)o2)c(O)c1-c1c(OC)cc(F)cc1OC. The van der Waals surface area contributed by atoms with Crippen LogP contribution in [0.5, 0.6) is 23.1 Å². The smallest absolute Gasteiger partial charge is 0.257 e. The van der Waals surface area contributed by atoms with Crippen LogP contribution >= 0.6 is 0 Å². The van der Waals surface area contributed by atoms with Crippen LogP contribution in [0.4, 0.5) is 4.39 Å². The third-order valence-electron chi connectivity index (χ3n) is 5.28. The fourth-order valence-corrected chi connectivity index (χ4v) is 3.65. The lowest BCUT2D eigenvalue weighted by Gasteiger charge is -2.19. The van der Waals surface area contributed by atoms with E-state index in [4.69, 9.17) is 18.6 Å². The van der Waals surface area contributed by atoms with E-state index in [1.807, 2.05) is 0 Å². The first-order chi connectivity index (χ1) is 17.4. The largest absolute Gasteiger partial charge is 0.506 e. The van der Waals surface area contributed by atoms with Gasteiger partial charge in [-0.3, -0.25) is 4.79 Å². The molecule has 0 spiro atoms. The lowest BCUT2D eigenvalue weighted by atomic mass is 9.97. The number of methoxy groups -OCH3 is 2. The maximum absolute atomic E-state index is 14.2. The average molecular weight is 498 g/mol. The van der Waals surface area contributed by atoms with Crippen LogP contribution in [0.2, 0.25) is 0 Å². The molecular weight excluding hydrogens is 475 g/mol. The van der Waals surface area contributed by atoms with Crippen LogP contribution in [0.25, 0.3) is 22.6 Å². The van der Waals surface area contributed by atoms with Gasteiger partial charge in [-0.1, -0.05) is 6.07 Å². The number of ether oxygens (including phenoxy) is 3. The fraction of sp³-hybridized carbons (Fsp3) is 0.250. The van der Waals surface area contributed by atoms with Gasteiger partial charge in [0.05, 0.1) is 37.6 Å². The Bertz CT molecular complexity index is 1430. The molecule has 0 radical (unpaired) electrons. The second-order valence-electron chi connectivity index (χ2n) is 7.47. The highest BCUT2D eigenvalue weighted by molar-refractivity contribution is 5.88. The first-order valence-corrected chi connectivity index (χ1v) is 10.8. The Morgan fingerprint density at radius 3 is 2.42 bits per heavy atom. The van der Waals surface area contributed by atoms with Crippen molar-refractivity contribution in [3.05, 3.63) is 64.3 Å². The van der Waals surface area contributed by atoms with Gasteiger partial charge in [-0.2, -0.15) is 0 Å². The molecule has 0 unspecified atom stereocenters. The quantitative estimate of drug-likeness (QED) is 0.353. The monoisotopic (exact) mass is 498 g/mol. The van der Waals surface area contributed by atoms with Crippen molar-refractivity contribution < 1.29 is 33.2 Å². The predicted octanol–water partition coefficient (Wildman–Crippen LogP) is 3.11. The fourth-order valence-electron chi connectivity index (χ4n) is 3.65. The molecule has 0 aliphatic carbocycles. The number of aromatic hydroxyl groups is 2. The number of hydrogen-bond donors (Lipinski definition) is 2. The Labute approximate surface area is 204 Å². The molecule has 36 heavy (non-hydrogen) atoms. The minimum Gasteiger partial charge on any atom is -0.506 e. The van der Waals surface area contributed by atoms with Crippen molar-refractivity contribution in [2.24, 2.45) is 0 Å². The summed E-state index contributed by atoms with van der Waals surface area (Å²) in [6, 6.07) is 6.90. The Morgan fingerprint density at radius 1 is 1.06 bits per heavy atom. The van der Waals surface area contributed by atoms with E-state index in [-0.39, 0.29) is 64.4 Å². The van der Waals surface area contributed by atoms with Crippen molar-refractivity contribution in [3.8, 4) is 45.7 Å². The third-order valence-corrected chi connectivity index (χ3v) is 5.28. The van der Waals surface area contributed by atoms with Crippen molar-refractivity contribution >= 4 is 0 Å². The molecule has 4 rings (SSSR count). The molecule has 0 aliphatic heterocycles. The van der Waals surface area contributed by atoms with Crippen LogP contribution in [0.1, 0.15) is 18.5 Å². The van der Waals surface area contributed by atoms with Crippen LogP contribution in [0, 0.1) is 5.82 Å². The lowest BCUT2D eigenvalue weighted by molar-refractivity contribution is 0.131. The molecule has 0 saturated heterocycles. The number of benzene rings is 1. The van der Waals surface area contributed by atoms with Gasteiger partial charge in [0.15, 0.2) is 0 Å². The highest BCUT2D eigenvalue weighted by atomic mass is 19.1. The van der Waals surface area contributed by atoms with E-state index in [2.05, 4.69) is 15.2 Å². The van der Waals surface area contributed by atoms with E-state index in [0.29, 0.717) is 6.61 Å². The van der Waals surface area contributed by atoms with Gasteiger partial charge in [-0.15, -0.1) is 10.2 Å². The second-order valence-corrected chi connectivity index (χ2v) is 7.47. The van der Waals surface area contributed by atoms with Crippen LogP contribution in [-0.2, 0) is 17.9 Å². The normalized spacial score (nSPS) is 11.0. The summed E-state index contributed by atoms with van der Waals surface area (Å²) in [5.74, 6) is -1.82. The minimum atomic E-state index is -0.622. The van der Waals surface area contributed by atoms with Gasteiger partial charge < -0.3 is 33.4 Å². The Morgan fingerprint density at radius 2 is 1.78 bits per heavy atom. The van der Waals surface area contributed by atoms with Crippen molar-refractivity contribution in [1.29, 1.82) is 0 Å². The molecule has 1 aromatic carbocycles. The second kappa shape index (κ2) is 10.4. The van der Waals surface area contributed by atoms with Gasteiger partial charge >= 0.3 is 0 Å². The first kappa shape index (κ1) is 24.7. The molecule has 0 fully saturated rings. The van der Waals surface area contributed by atoms with Gasteiger partial charge in [-0.05, 0) is 13.0 Å². The summed E-state index contributed by atoms with van der Waals surface area (Å²) in [7, 11) is 2.67. The summed E-state index contributed by atoms with van der Waals surface area (Å²) in [6.45, 7) is 1.97. The Balaban J connectivity index is 1.89. The average Bonchev–Trinajstić information content (AvgIpc) is 3.31. The van der Waals surface area contributed by atoms with Crippen LogP contribution in [-0.4, -0.2) is 50.8 Å². The summed E-state index contributed by atoms with van der Waals surface area (Å²) >= 11 is 0. The van der Waals surface area contributed by atoms with Crippen molar-refractivity contribution in [2.45, 2.75) is 20.1 Å². The highest BCUT2D eigenvalue weighted by Gasteiger charge is 2.29. The Kier molecular flexibility index (Phi) is 7.15. The van der Waals surface area contributed by atoms with Crippen LogP contribution < -0.4 is 15.0 Å². The van der Waals surface area contributed by atoms with E-state index in [9.17, 15) is 19.4 Å². The molecule has 3 heterocycles. The van der Waals surface area contributed by atoms with Gasteiger partial charge in [0.2, 0.25) is 11.8 Å². The number of rotatable bonds is 9. The molecule has 0 bridgehead atoms. The van der Waals surface area contributed by atoms with E-state index < -0.39 is 17.4 Å². The number of nitrogens with zero attached hydrogens (tertiary/aromatic N) is 4. The molecule has 2 N–H and O–H groups in total. The summed E-state index contributed by atoms with van der Waals surface area (Å²) in [5, 5.41) is 29.9. The molecule has 12 heteroatoms. The molecule has 11 nitrogen and oxygen atoms in total. The Hall–Kier alpha value is -4.45. The predicted molar refractivity (Wildman–Crippen MR) is 124 cm³/mol. The van der Waals surface area contributed by atoms with Crippen molar-refractivity contribution in [2.75, 3.05) is 20.8 Å². The maximum atomic E-state index is 14.2. The van der Waals surface area contributed by atoms with Crippen LogP contribution in [0.15, 0.2) is 45.7 Å². The summed E-state index contributed by atoms with van der Waals surface area (Å²) < 4.78 is 37.3. The zero-order valence-electron chi connectivity index (χ0n) is 19.7. The summed E-state index contributed by atoms with van der Waals surface area (Å²) in [4.78, 5) is 16.2. The number of pyridine rings is 2. The highest BCUT2D eigenvalue weighted by Crippen LogP contribution is 2.49. The minimum absolute atomic E-state index is 0.0312. The molecule has 0 amide bonds. The lowest BCUT2D eigenvalue weighted by Crippen LogP contribution is -2.18. The molecular formula is C24H23FN4O7. The summed E-state index contributed by atoms with van der Waals surface area (Å²) in [5.41, 5.74) is -0.170. The zero-order chi connectivity index (χ0) is 25.8. The number of hydrogen-bond acceptors (Lipinski definition) is 10.